The van der Waals surface area contributed by atoms with Gasteiger partial charge < -0.3 is 58.8 Å². The Kier molecular flexibility index (Phi) is 12.1. The highest BCUT2D eigenvalue weighted by Crippen LogP contribution is 2.41. The fourth-order valence-electron chi connectivity index (χ4n) is 5.31. The van der Waals surface area contributed by atoms with Gasteiger partial charge in [0.05, 0.1) is 13.3 Å². The monoisotopic (exact) mass is 798 g/mol. The molecule has 2 aromatic heterocycles. The number of carboxylic acid groups (broad SMARTS) is 1. The third-order valence-electron chi connectivity index (χ3n) is 7.98. The van der Waals surface area contributed by atoms with Crippen LogP contribution in [-0.4, -0.2) is 83.9 Å². The number of aromatic hydroxyl groups is 2. The number of benzene rings is 2. The molecule has 0 bridgehead atoms. The van der Waals surface area contributed by atoms with E-state index < -0.39 is 58.5 Å². The Bertz CT molecular complexity index is 2130. The molecule has 282 valence electrons. The van der Waals surface area contributed by atoms with E-state index in [0.29, 0.717) is 22.7 Å². The van der Waals surface area contributed by atoms with Gasteiger partial charge >= 0.3 is 11.9 Å². The van der Waals surface area contributed by atoms with Gasteiger partial charge in [-0.25, -0.2) is 19.1 Å². The molecule has 6 rings (SSSR count). The van der Waals surface area contributed by atoms with Crippen molar-refractivity contribution in [2.24, 2.45) is 5.16 Å². The predicted molar refractivity (Wildman–Crippen MR) is 188 cm³/mol. The molecule has 4 aromatic rings. The first-order valence-electron chi connectivity index (χ1n) is 15.5. The third-order valence-corrected chi connectivity index (χ3v) is 9.99. The highest BCUT2D eigenvalue weighted by atomic mass is 35.5. The van der Waals surface area contributed by atoms with E-state index in [1.807, 2.05) is 0 Å². The number of nitrogens with one attached hydrogen (secondary N) is 1. The van der Waals surface area contributed by atoms with Gasteiger partial charge in [0.15, 0.2) is 22.3 Å². The molecule has 21 heteroatoms. The number of thiazole rings is 1. The van der Waals surface area contributed by atoms with Crippen LogP contribution in [-0.2, 0) is 41.9 Å². The molecule has 0 spiro atoms. The molecule has 2 aromatic carbocycles. The van der Waals surface area contributed by atoms with Crippen molar-refractivity contribution >= 4 is 63.5 Å². The summed E-state index contributed by atoms with van der Waals surface area (Å²) < 4.78 is 12.5. The second-order valence-corrected chi connectivity index (χ2v) is 13.5. The number of thioether (sulfide) groups is 1. The van der Waals surface area contributed by atoms with Crippen LogP contribution < -0.4 is 38.5 Å². The van der Waals surface area contributed by atoms with Gasteiger partial charge in [0.2, 0.25) is 11.9 Å². The van der Waals surface area contributed by atoms with Crippen molar-refractivity contribution in [2.45, 2.75) is 30.7 Å². The van der Waals surface area contributed by atoms with E-state index in [0.717, 1.165) is 23.5 Å². The number of ether oxygens (including phenoxy) is 2. The van der Waals surface area contributed by atoms with Gasteiger partial charge in [0.1, 0.15) is 41.7 Å². The Labute approximate surface area is 320 Å². The van der Waals surface area contributed by atoms with Crippen LogP contribution in [0.4, 0.5) is 10.9 Å². The number of carboxylic acids is 1. The lowest BCUT2D eigenvalue weighted by Crippen LogP contribution is -3.00. The van der Waals surface area contributed by atoms with E-state index in [9.17, 15) is 34.5 Å². The van der Waals surface area contributed by atoms with Crippen LogP contribution in [0.25, 0.3) is 0 Å². The van der Waals surface area contributed by atoms with Crippen molar-refractivity contribution in [1.82, 2.24) is 20.2 Å². The first-order chi connectivity index (χ1) is 25.4. The maximum atomic E-state index is 13.8. The topological polar surface area (TPSA) is 266 Å². The molecule has 4 heterocycles. The van der Waals surface area contributed by atoms with Crippen LogP contribution in [0.15, 0.2) is 82.9 Å². The van der Waals surface area contributed by atoms with E-state index in [-0.39, 0.29) is 53.4 Å². The minimum absolute atomic E-state index is 0. The second-order valence-electron chi connectivity index (χ2n) is 11.5. The van der Waals surface area contributed by atoms with E-state index in [2.05, 4.69) is 20.4 Å². The van der Waals surface area contributed by atoms with E-state index >= 15 is 0 Å². The number of methoxy groups -OCH3 is 1. The number of hydrogen-bond donors (Lipinski definition) is 6. The van der Waals surface area contributed by atoms with Crippen LogP contribution in [0.2, 0.25) is 0 Å². The van der Waals surface area contributed by atoms with Crippen LogP contribution in [0.1, 0.15) is 22.9 Å². The molecule has 0 saturated carbocycles. The number of rotatable bonds is 13. The average Bonchev–Trinajstić information content (AvgIpc) is 3.58. The van der Waals surface area contributed by atoms with Crippen LogP contribution in [0, 0.1) is 0 Å². The second kappa shape index (κ2) is 16.7. The highest BCUT2D eigenvalue weighted by molar-refractivity contribution is 8.00. The Morgan fingerprint density at radius 2 is 1.89 bits per heavy atom. The molecule has 8 N–H and O–H groups in total. The maximum absolute atomic E-state index is 13.8. The molecule has 54 heavy (non-hydrogen) atoms. The lowest BCUT2D eigenvalue weighted by molar-refractivity contribution is -0.691. The van der Waals surface area contributed by atoms with Crippen molar-refractivity contribution in [3.63, 3.8) is 0 Å². The first kappa shape index (κ1) is 39.1. The van der Waals surface area contributed by atoms with Crippen LogP contribution in [0.5, 0.6) is 17.2 Å². The van der Waals surface area contributed by atoms with Gasteiger partial charge in [-0.3, -0.25) is 14.5 Å². The number of nitrogen functional groups attached to an aromatic ring is 2. The zero-order valence-electron chi connectivity index (χ0n) is 28.0. The minimum Gasteiger partial charge on any atom is -1.00 e. The van der Waals surface area contributed by atoms with Crippen molar-refractivity contribution in [2.75, 3.05) is 24.3 Å². The van der Waals surface area contributed by atoms with Gasteiger partial charge in [-0.1, -0.05) is 23.4 Å². The van der Waals surface area contributed by atoms with E-state index in [1.54, 1.807) is 41.1 Å². The van der Waals surface area contributed by atoms with Gasteiger partial charge in [-0.2, -0.15) is 0 Å². The van der Waals surface area contributed by atoms with Gasteiger partial charge in [0, 0.05) is 28.3 Å². The fourth-order valence-corrected chi connectivity index (χ4v) is 7.19. The number of anilines is 2. The highest BCUT2D eigenvalue weighted by Gasteiger charge is 2.55. The maximum Gasteiger partial charge on any atom is 0.355 e. The number of nitrogens with two attached hydrogens (primary N) is 2. The lowest BCUT2D eigenvalue weighted by Gasteiger charge is -2.49. The molecular formula is C33H31ClN8O10S2. The number of fused-ring (bicyclic) bond motifs is 1. The Morgan fingerprint density at radius 1 is 1.13 bits per heavy atom. The molecular weight excluding hydrogens is 768 g/mol. The van der Waals surface area contributed by atoms with E-state index in [1.165, 1.54) is 41.5 Å². The quantitative estimate of drug-likeness (QED) is 0.0215. The lowest BCUT2D eigenvalue weighted by atomic mass is 10.0. The largest absolute Gasteiger partial charge is 1.00 e. The van der Waals surface area contributed by atoms with Gasteiger partial charge in [0.25, 0.3) is 18.1 Å². The number of oxime groups is 1. The number of hydrogen-bond acceptors (Lipinski definition) is 16. The van der Waals surface area contributed by atoms with Crippen molar-refractivity contribution in [1.29, 1.82) is 0 Å². The summed E-state index contributed by atoms with van der Waals surface area (Å²) in [6.45, 7) is 0.0948. The normalized spacial score (nSPS) is 17.0. The average molecular weight is 799 g/mol. The summed E-state index contributed by atoms with van der Waals surface area (Å²) >= 11 is 2.27. The molecule has 0 radical (unpaired) electrons. The number of amides is 2. The smallest absolute Gasteiger partial charge is 0.355 e. The number of phenols is 2. The number of carbonyl (C=O) groups excluding carboxylic acids is 3. The first-order valence-corrected chi connectivity index (χ1v) is 17.4. The number of nitrogens with zero attached hydrogens (tertiary/aromatic N) is 5. The predicted octanol–water partition coefficient (Wildman–Crippen LogP) is -1.94. The molecule has 0 aliphatic carbocycles. The van der Waals surface area contributed by atoms with Gasteiger partial charge in [-0.15, -0.1) is 23.1 Å². The summed E-state index contributed by atoms with van der Waals surface area (Å²) in [6.07, 6.45) is 1.36. The number of phenolic OH excluding ortho intramolecular Hbond substituents is 2. The molecule has 18 nitrogen and oxygen atoms in total. The standard InChI is InChI=1S/C33H30N8O10S2.ClH/c1-49-19-5-2-16(3-6-19)12-50-32(48)26-18(11-40-9-8-23(34)36-15-40)13-52-30-25(29(45)41(26)30)38-28(44)24(20-14-53-33(35)37-20)39-51-27(31(46)47)17-4-7-21(42)22(43)10-17;/h2-10,14-15,25,27,30,34H,11-13H2,1H3,(H6,35,37,38,39,42,43,44,46,47);1H/t25-,27+,30-;/m1./s1. The number of carbonyl (C=O) groups is 4. The zero-order chi connectivity index (χ0) is 37.8. The summed E-state index contributed by atoms with van der Waals surface area (Å²) in [5, 5.41) is 36.5. The summed E-state index contributed by atoms with van der Waals surface area (Å²) in [5.74, 6) is -3.74. The molecule has 2 aliphatic rings. The molecule has 3 atom stereocenters. The summed E-state index contributed by atoms with van der Waals surface area (Å²) in [4.78, 5) is 67.9. The molecule has 2 amide bonds. The van der Waals surface area contributed by atoms with Crippen LogP contribution in [0.3, 0.4) is 0 Å². The van der Waals surface area contributed by atoms with Gasteiger partial charge in [-0.05, 0) is 34.8 Å². The van der Waals surface area contributed by atoms with Crippen molar-refractivity contribution in [3.05, 3.63) is 94.5 Å². The molecule has 0 unspecified atom stereocenters. The summed E-state index contributed by atoms with van der Waals surface area (Å²) in [7, 11) is 1.53. The Balaban J connectivity index is 0.00000561. The number of esters is 1. The number of β-lactam (4-membered cyclic amide) rings is 1. The van der Waals surface area contributed by atoms with Crippen LogP contribution >= 0.6 is 23.1 Å². The number of halogens is 1. The third kappa shape index (κ3) is 8.40. The summed E-state index contributed by atoms with van der Waals surface area (Å²) in [6, 6.07) is 10.6. The molecule has 1 saturated heterocycles. The molecule has 1 fully saturated rings. The number of aromatic nitrogens is 3. The number of aliphatic carboxylic acids is 1. The SMILES string of the molecule is COc1ccc(COC(=O)C2=C(C[n+]3ccc(N)nc3)CS[C@@H]3[C@H](NC(=O)/C(=N\O[C@H](C(=O)O)c4ccc(O)c(O)c4)c4csc(N)n4)C(=O)N23)cc1.[Cl-]. The Hall–Kier alpha value is -6.12. The Morgan fingerprint density at radius 3 is 2.52 bits per heavy atom. The summed E-state index contributed by atoms with van der Waals surface area (Å²) in [5.41, 5.74) is 12.1. The van der Waals surface area contributed by atoms with Crippen molar-refractivity contribution in [3.8, 4) is 17.2 Å². The zero-order valence-corrected chi connectivity index (χ0v) is 30.4. The van der Waals surface area contributed by atoms with E-state index in [4.69, 9.17) is 25.8 Å². The molecule has 2 aliphatic heterocycles. The van der Waals surface area contributed by atoms with Crippen molar-refractivity contribution < 1.29 is 65.8 Å². The fraction of sp³-hybridized carbons (Fsp3) is 0.212. The minimum atomic E-state index is -1.82.